The van der Waals surface area contributed by atoms with E-state index in [-0.39, 0.29) is 41.5 Å². The van der Waals surface area contributed by atoms with Crippen LogP contribution in [0.4, 0.5) is 0 Å². The molecule has 2 N–H and O–H groups in total. The first-order chi connectivity index (χ1) is 21.4. The Hall–Kier alpha value is -1.81. The fourth-order valence-electron chi connectivity index (χ4n) is 5.94. The molecular formula is C37H57O9P. The predicted octanol–water partition coefficient (Wildman–Crippen LogP) is 8.15. The zero-order valence-corrected chi connectivity index (χ0v) is 31.8. The fourth-order valence-corrected chi connectivity index (χ4v) is 6.38. The summed E-state index contributed by atoms with van der Waals surface area (Å²) in [6.07, 6.45) is -1.15. The van der Waals surface area contributed by atoms with E-state index in [4.69, 9.17) is 32.9 Å². The lowest BCUT2D eigenvalue weighted by Gasteiger charge is -2.47. The highest BCUT2D eigenvalue weighted by Gasteiger charge is 2.53. The molecule has 2 aromatic carbocycles. The minimum absolute atomic E-state index is 0.0603. The van der Waals surface area contributed by atoms with E-state index in [0.717, 1.165) is 39.1 Å². The van der Waals surface area contributed by atoms with Crippen molar-refractivity contribution >= 4 is 8.60 Å². The highest BCUT2D eigenvalue weighted by molar-refractivity contribution is 7.39. The summed E-state index contributed by atoms with van der Waals surface area (Å²) < 4.78 is 43.2. The van der Waals surface area contributed by atoms with Gasteiger partial charge in [-0.25, -0.2) is 0 Å². The summed E-state index contributed by atoms with van der Waals surface area (Å²) >= 11 is 0. The first-order valence-corrected chi connectivity index (χ1v) is 17.6. The van der Waals surface area contributed by atoms with E-state index < -0.39 is 33.3 Å². The summed E-state index contributed by atoms with van der Waals surface area (Å²) in [6.45, 7) is 27.9. The Labute approximate surface area is 283 Å². The molecule has 2 aliphatic heterocycles. The first kappa shape index (κ1) is 38.0. The Bertz CT molecular complexity index is 1320. The maximum Gasteiger partial charge on any atom is 0.329 e. The quantitative estimate of drug-likeness (QED) is 0.293. The van der Waals surface area contributed by atoms with Crippen molar-refractivity contribution in [2.24, 2.45) is 5.41 Å². The Morgan fingerprint density at radius 2 is 0.915 bits per heavy atom. The van der Waals surface area contributed by atoms with Crippen LogP contribution >= 0.6 is 8.60 Å². The van der Waals surface area contributed by atoms with E-state index in [2.05, 4.69) is 121 Å². The normalized spacial score (nSPS) is 24.6. The Morgan fingerprint density at radius 3 is 1.23 bits per heavy atom. The van der Waals surface area contributed by atoms with Crippen molar-refractivity contribution < 1.29 is 42.7 Å². The number of hydrogen-bond donors (Lipinski definition) is 2. The van der Waals surface area contributed by atoms with Gasteiger partial charge in [0.1, 0.15) is 11.5 Å². The van der Waals surface area contributed by atoms with Gasteiger partial charge < -0.3 is 33.5 Å². The molecular weight excluding hydrogens is 619 g/mol. The summed E-state index contributed by atoms with van der Waals surface area (Å²) in [5.41, 5.74) is 4.61. The van der Waals surface area contributed by atoms with Gasteiger partial charge >= 0.3 is 21.6 Å². The van der Waals surface area contributed by atoms with Crippen LogP contribution in [-0.4, -0.2) is 48.8 Å². The molecule has 2 fully saturated rings. The fraction of sp³-hybridized carbons (Fsp3) is 0.676. The highest BCUT2D eigenvalue weighted by Crippen LogP contribution is 2.46. The Balaban J connectivity index is 1.58. The van der Waals surface area contributed by atoms with E-state index >= 15 is 0 Å². The van der Waals surface area contributed by atoms with E-state index in [9.17, 15) is 9.79 Å². The zero-order chi connectivity index (χ0) is 35.3. The molecule has 2 atom stereocenters. The molecule has 0 amide bonds. The molecule has 10 heteroatoms. The smallest absolute Gasteiger partial charge is 0.329 e. The summed E-state index contributed by atoms with van der Waals surface area (Å²) in [4.78, 5) is 19.9. The number of aryl methyl sites for hydroxylation is 2. The second kappa shape index (κ2) is 13.5. The molecule has 0 saturated carbocycles. The average molecular weight is 677 g/mol. The van der Waals surface area contributed by atoms with Crippen molar-refractivity contribution in [1.82, 2.24) is 0 Å². The molecule has 0 radical (unpaired) electrons. The molecule has 2 heterocycles. The molecule has 0 aromatic heterocycles. The van der Waals surface area contributed by atoms with Crippen LogP contribution in [0.15, 0.2) is 24.3 Å². The predicted molar refractivity (Wildman–Crippen MR) is 184 cm³/mol. The molecule has 1 spiro atoms. The van der Waals surface area contributed by atoms with Crippen molar-refractivity contribution in [2.45, 2.75) is 138 Å². The number of ether oxygens (including phenoxy) is 6. The zero-order valence-electron chi connectivity index (χ0n) is 30.9. The molecule has 0 bridgehead atoms. The van der Waals surface area contributed by atoms with Gasteiger partial charge in [-0.3, -0.25) is 9.26 Å². The molecule has 264 valence electrons. The van der Waals surface area contributed by atoms with E-state index in [0.29, 0.717) is 5.75 Å². The molecule has 4 rings (SSSR count). The summed E-state index contributed by atoms with van der Waals surface area (Å²) in [5.74, 6) is 1.42. The van der Waals surface area contributed by atoms with Crippen molar-refractivity contribution in [3.05, 3.63) is 57.6 Å². The van der Waals surface area contributed by atoms with Gasteiger partial charge in [0.2, 0.25) is 0 Å². The maximum atomic E-state index is 9.94. The van der Waals surface area contributed by atoms with Crippen LogP contribution < -0.4 is 9.47 Å². The molecule has 0 aliphatic carbocycles. The van der Waals surface area contributed by atoms with Crippen LogP contribution in [0.2, 0.25) is 0 Å². The van der Waals surface area contributed by atoms with Crippen molar-refractivity contribution in [3.63, 3.8) is 0 Å². The molecule has 2 aliphatic rings. The van der Waals surface area contributed by atoms with Gasteiger partial charge in [0.05, 0.1) is 25.2 Å². The topological polar surface area (TPSA) is 105 Å². The van der Waals surface area contributed by atoms with E-state index in [1.807, 2.05) is 0 Å². The van der Waals surface area contributed by atoms with Crippen LogP contribution in [0, 0.1) is 19.3 Å². The lowest BCUT2D eigenvalue weighted by Crippen LogP contribution is -2.59. The standard InChI is InChI=1S/C37H57O9P/c1-22-15-24(33(3,4)5)28(25(16-22)34(6,7)8)43-31-40-19-37(20-41-31)21-42-32(45-30(37)46-47(38)39)44-29-26(35(9,10)11)17-23(2)18-27(29)36(12,13)14/h15-18,30-32,38-39H,19-21H2,1-14H3. The number of hydrogen-bond acceptors (Lipinski definition) is 9. The monoisotopic (exact) mass is 676 g/mol. The van der Waals surface area contributed by atoms with Crippen LogP contribution in [0.3, 0.4) is 0 Å². The second-order valence-corrected chi connectivity index (χ2v) is 18.0. The van der Waals surface area contributed by atoms with Crippen molar-refractivity contribution in [3.8, 4) is 11.5 Å². The van der Waals surface area contributed by atoms with Gasteiger partial charge in [0.25, 0.3) is 0 Å². The van der Waals surface area contributed by atoms with E-state index in [1.54, 1.807) is 0 Å². The van der Waals surface area contributed by atoms with Gasteiger partial charge in [-0.1, -0.05) is 118 Å². The summed E-state index contributed by atoms with van der Waals surface area (Å²) in [5, 5.41) is 0. The minimum Gasteiger partial charge on any atom is -0.441 e. The number of rotatable bonds is 6. The molecule has 47 heavy (non-hydrogen) atoms. The highest BCUT2D eigenvalue weighted by atomic mass is 31.2. The molecule has 2 aromatic rings. The minimum atomic E-state index is -2.77. The van der Waals surface area contributed by atoms with Gasteiger partial charge in [0, 0.05) is 22.3 Å². The van der Waals surface area contributed by atoms with Crippen LogP contribution in [0.1, 0.15) is 116 Å². The third-order valence-corrected chi connectivity index (χ3v) is 8.95. The lowest BCUT2D eigenvalue weighted by atomic mass is 9.78. The number of benzene rings is 2. The van der Waals surface area contributed by atoms with Gasteiger partial charge in [-0.05, 0) is 35.5 Å². The third-order valence-electron chi connectivity index (χ3n) is 8.57. The molecule has 9 nitrogen and oxygen atoms in total. The van der Waals surface area contributed by atoms with Gasteiger partial charge in [0.15, 0.2) is 6.29 Å². The first-order valence-electron chi connectivity index (χ1n) is 16.4. The Kier molecular flexibility index (Phi) is 10.9. The van der Waals surface area contributed by atoms with Crippen LogP contribution in [-0.2, 0) is 45.1 Å². The van der Waals surface area contributed by atoms with Crippen LogP contribution in [0.25, 0.3) is 0 Å². The van der Waals surface area contributed by atoms with Gasteiger partial charge in [-0.15, -0.1) is 0 Å². The van der Waals surface area contributed by atoms with E-state index in [1.165, 1.54) is 0 Å². The van der Waals surface area contributed by atoms with Crippen LogP contribution in [0.5, 0.6) is 11.5 Å². The summed E-state index contributed by atoms with van der Waals surface area (Å²) in [7, 11) is -2.77. The van der Waals surface area contributed by atoms with Crippen molar-refractivity contribution in [2.75, 3.05) is 19.8 Å². The van der Waals surface area contributed by atoms with Gasteiger partial charge in [-0.2, -0.15) is 0 Å². The molecule has 2 unspecified atom stereocenters. The Morgan fingerprint density at radius 1 is 0.596 bits per heavy atom. The summed E-state index contributed by atoms with van der Waals surface area (Å²) in [6, 6.07) is 8.54. The second-order valence-electron chi connectivity index (χ2n) is 17.3. The maximum absolute atomic E-state index is 9.94. The van der Waals surface area contributed by atoms with Crippen molar-refractivity contribution in [1.29, 1.82) is 0 Å². The lowest BCUT2D eigenvalue weighted by molar-refractivity contribution is -0.414. The largest absolute Gasteiger partial charge is 0.441 e. The third kappa shape index (κ3) is 8.87. The molecule has 2 saturated heterocycles. The SMILES string of the molecule is Cc1cc(C(C)(C)C)c(OC2OCC3(CO2)COC(Oc2c(C(C)(C)C)cc(C)cc2C(C)(C)C)OC3OP(O)O)c(C(C)(C)C)c1. The average Bonchev–Trinajstić information content (AvgIpc) is 2.90.